The fourth-order valence-electron chi connectivity index (χ4n) is 2.10. The molecule has 16 heavy (non-hydrogen) atoms. The highest BCUT2D eigenvalue weighted by Crippen LogP contribution is 2.15. The second-order valence-electron chi connectivity index (χ2n) is 4.16. The molecular formula is C11H17ClN4. The molecule has 0 spiro atoms. The first kappa shape index (κ1) is 11.8. The fourth-order valence-corrected chi connectivity index (χ4v) is 2.27. The summed E-state index contributed by atoms with van der Waals surface area (Å²) in [6.45, 7) is 2.97. The van der Waals surface area contributed by atoms with E-state index in [4.69, 9.17) is 11.6 Å². The number of likely N-dealkylation sites (tertiary alicyclic amines) is 1. The third-order valence-electron chi connectivity index (χ3n) is 3.01. The summed E-state index contributed by atoms with van der Waals surface area (Å²) in [6, 6.07) is 0.587. The quantitative estimate of drug-likeness (QED) is 0.865. The number of piperidine rings is 1. The molecule has 1 N–H and O–H groups in total. The molecule has 0 aromatic carbocycles. The summed E-state index contributed by atoms with van der Waals surface area (Å²) < 4.78 is 0. The predicted molar refractivity (Wildman–Crippen MR) is 64.4 cm³/mol. The SMILES string of the molecule is CNC1CCCN(Cc2nccnc2Cl)C1. The molecule has 1 aromatic rings. The maximum atomic E-state index is 6.00. The second-order valence-corrected chi connectivity index (χ2v) is 4.51. The Bertz CT molecular complexity index is 345. The number of nitrogens with zero attached hydrogens (tertiary/aromatic N) is 3. The number of aromatic nitrogens is 2. The standard InChI is InChI=1S/C11H17ClN4/c1-13-9-3-2-6-16(7-9)8-10-11(12)15-5-4-14-10/h4-5,9,13H,2-3,6-8H2,1H3. The van der Waals surface area contributed by atoms with Crippen molar-refractivity contribution >= 4 is 11.6 Å². The van der Waals surface area contributed by atoms with Crippen LogP contribution in [0.1, 0.15) is 18.5 Å². The normalized spacial score (nSPS) is 22.2. The van der Waals surface area contributed by atoms with Crippen LogP contribution in [0.15, 0.2) is 12.4 Å². The van der Waals surface area contributed by atoms with Gasteiger partial charge in [0.2, 0.25) is 0 Å². The molecule has 1 fully saturated rings. The van der Waals surface area contributed by atoms with Gasteiger partial charge < -0.3 is 5.32 Å². The van der Waals surface area contributed by atoms with Crippen LogP contribution in [-0.2, 0) is 6.54 Å². The van der Waals surface area contributed by atoms with E-state index in [1.54, 1.807) is 12.4 Å². The molecule has 0 aliphatic carbocycles. The molecule has 1 aliphatic rings. The lowest BCUT2D eigenvalue weighted by atomic mass is 10.1. The van der Waals surface area contributed by atoms with Crippen molar-refractivity contribution in [3.8, 4) is 0 Å². The molecule has 5 heteroatoms. The van der Waals surface area contributed by atoms with Crippen LogP contribution in [0.5, 0.6) is 0 Å². The summed E-state index contributed by atoms with van der Waals surface area (Å²) in [5.41, 5.74) is 0.876. The van der Waals surface area contributed by atoms with Gasteiger partial charge in [0, 0.05) is 31.5 Å². The van der Waals surface area contributed by atoms with Crippen molar-refractivity contribution in [3.05, 3.63) is 23.2 Å². The minimum atomic E-state index is 0.522. The Balaban J connectivity index is 1.97. The first-order chi connectivity index (χ1) is 7.79. The molecular weight excluding hydrogens is 224 g/mol. The zero-order valence-electron chi connectivity index (χ0n) is 9.49. The van der Waals surface area contributed by atoms with Gasteiger partial charge in [0.1, 0.15) is 0 Å². The van der Waals surface area contributed by atoms with E-state index in [2.05, 4.69) is 20.2 Å². The van der Waals surface area contributed by atoms with Gasteiger partial charge in [-0.05, 0) is 26.4 Å². The van der Waals surface area contributed by atoms with Crippen LogP contribution in [-0.4, -0.2) is 41.0 Å². The summed E-state index contributed by atoms with van der Waals surface area (Å²) >= 11 is 6.00. The molecule has 2 rings (SSSR count). The van der Waals surface area contributed by atoms with Crippen LogP contribution in [0.3, 0.4) is 0 Å². The van der Waals surface area contributed by atoms with Gasteiger partial charge in [-0.3, -0.25) is 9.88 Å². The third-order valence-corrected chi connectivity index (χ3v) is 3.33. The zero-order valence-corrected chi connectivity index (χ0v) is 10.2. The van der Waals surface area contributed by atoms with E-state index in [0.717, 1.165) is 25.3 Å². The molecule has 4 nitrogen and oxygen atoms in total. The van der Waals surface area contributed by atoms with Gasteiger partial charge >= 0.3 is 0 Å². The van der Waals surface area contributed by atoms with E-state index in [-0.39, 0.29) is 0 Å². The minimum absolute atomic E-state index is 0.522. The monoisotopic (exact) mass is 240 g/mol. The van der Waals surface area contributed by atoms with Gasteiger partial charge in [-0.25, -0.2) is 4.98 Å². The fraction of sp³-hybridized carbons (Fsp3) is 0.636. The Morgan fingerprint density at radius 1 is 1.50 bits per heavy atom. The number of hydrogen-bond acceptors (Lipinski definition) is 4. The average molecular weight is 241 g/mol. The Labute approximate surface area is 101 Å². The molecule has 0 bridgehead atoms. The Morgan fingerprint density at radius 3 is 3.06 bits per heavy atom. The molecule has 1 aromatic heterocycles. The van der Waals surface area contributed by atoms with Gasteiger partial charge in [0.25, 0.3) is 0 Å². The lowest BCUT2D eigenvalue weighted by molar-refractivity contribution is 0.186. The topological polar surface area (TPSA) is 41.0 Å². The zero-order chi connectivity index (χ0) is 11.4. The number of likely N-dealkylation sites (N-methyl/N-ethyl adjacent to an activating group) is 1. The maximum absolute atomic E-state index is 6.00. The predicted octanol–water partition coefficient (Wildman–Crippen LogP) is 1.31. The smallest absolute Gasteiger partial charge is 0.151 e. The van der Waals surface area contributed by atoms with Crippen LogP contribution in [0, 0.1) is 0 Å². The van der Waals surface area contributed by atoms with Crippen molar-refractivity contribution in [2.45, 2.75) is 25.4 Å². The van der Waals surface area contributed by atoms with Gasteiger partial charge in [-0.15, -0.1) is 0 Å². The van der Waals surface area contributed by atoms with Crippen LogP contribution < -0.4 is 5.32 Å². The summed E-state index contributed by atoms with van der Waals surface area (Å²) in [7, 11) is 2.02. The van der Waals surface area contributed by atoms with Crippen molar-refractivity contribution in [2.24, 2.45) is 0 Å². The molecule has 0 radical (unpaired) electrons. The molecule has 1 unspecified atom stereocenters. The molecule has 2 heterocycles. The lowest BCUT2D eigenvalue weighted by Gasteiger charge is -2.32. The van der Waals surface area contributed by atoms with Crippen molar-refractivity contribution in [1.29, 1.82) is 0 Å². The van der Waals surface area contributed by atoms with Crippen molar-refractivity contribution in [1.82, 2.24) is 20.2 Å². The van der Waals surface area contributed by atoms with Crippen molar-refractivity contribution < 1.29 is 0 Å². The van der Waals surface area contributed by atoms with E-state index < -0.39 is 0 Å². The average Bonchev–Trinajstić information content (AvgIpc) is 2.32. The Hall–Kier alpha value is -0.710. The van der Waals surface area contributed by atoms with E-state index in [0.29, 0.717) is 11.2 Å². The van der Waals surface area contributed by atoms with Crippen LogP contribution in [0.4, 0.5) is 0 Å². The van der Waals surface area contributed by atoms with Gasteiger partial charge in [-0.2, -0.15) is 0 Å². The van der Waals surface area contributed by atoms with E-state index in [1.165, 1.54) is 12.8 Å². The third kappa shape index (κ3) is 2.90. The highest BCUT2D eigenvalue weighted by molar-refractivity contribution is 6.29. The summed E-state index contributed by atoms with van der Waals surface area (Å²) in [4.78, 5) is 10.7. The second kappa shape index (κ2) is 5.57. The maximum Gasteiger partial charge on any atom is 0.151 e. The summed E-state index contributed by atoms with van der Waals surface area (Å²) in [5.74, 6) is 0. The number of hydrogen-bond donors (Lipinski definition) is 1. The Morgan fingerprint density at radius 2 is 2.31 bits per heavy atom. The molecule has 1 aliphatic heterocycles. The largest absolute Gasteiger partial charge is 0.316 e. The van der Waals surface area contributed by atoms with E-state index in [9.17, 15) is 0 Å². The van der Waals surface area contributed by atoms with E-state index in [1.807, 2.05) is 7.05 Å². The lowest BCUT2D eigenvalue weighted by Crippen LogP contribution is -2.44. The van der Waals surface area contributed by atoms with E-state index >= 15 is 0 Å². The van der Waals surface area contributed by atoms with Crippen LogP contribution >= 0.6 is 11.6 Å². The molecule has 0 amide bonds. The molecule has 0 saturated carbocycles. The number of halogens is 1. The van der Waals surface area contributed by atoms with Crippen LogP contribution in [0.2, 0.25) is 5.15 Å². The molecule has 1 saturated heterocycles. The minimum Gasteiger partial charge on any atom is -0.316 e. The highest BCUT2D eigenvalue weighted by atomic mass is 35.5. The first-order valence-corrected chi connectivity index (χ1v) is 6.02. The van der Waals surface area contributed by atoms with Gasteiger partial charge in [0.05, 0.1) is 5.69 Å². The van der Waals surface area contributed by atoms with Crippen molar-refractivity contribution in [2.75, 3.05) is 20.1 Å². The first-order valence-electron chi connectivity index (χ1n) is 5.64. The van der Waals surface area contributed by atoms with Gasteiger partial charge in [-0.1, -0.05) is 11.6 Å². The highest BCUT2D eigenvalue weighted by Gasteiger charge is 2.19. The summed E-state index contributed by atoms with van der Waals surface area (Å²) in [5, 5.41) is 3.85. The van der Waals surface area contributed by atoms with Crippen LogP contribution in [0.25, 0.3) is 0 Å². The van der Waals surface area contributed by atoms with Crippen molar-refractivity contribution in [3.63, 3.8) is 0 Å². The molecule has 1 atom stereocenters. The summed E-state index contributed by atoms with van der Waals surface area (Å²) in [6.07, 6.45) is 5.80. The number of rotatable bonds is 3. The van der Waals surface area contributed by atoms with Gasteiger partial charge in [0.15, 0.2) is 5.15 Å². The number of nitrogens with one attached hydrogen (secondary N) is 1. The Kier molecular flexibility index (Phi) is 4.09. The molecule has 88 valence electrons.